The van der Waals surface area contributed by atoms with E-state index in [0.717, 1.165) is 20.4 Å². The molecule has 29 heavy (non-hydrogen) atoms. The topological polar surface area (TPSA) is 76.6 Å². The molecule has 9 heteroatoms. The number of aromatic nitrogens is 1. The van der Waals surface area contributed by atoms with E-state index in [1.54, 1.807) is 0 Å². The van der Waals surface area contributed by atoms with Crippen LogP contribution in [0, 0.1) is 6.92 Å². The van der Waals surface area contributed by atoms with Gasteiger partial charge in [-0.1, -0.05) is 41.4 Å². The largest absolute Gasteiger partial charge is 0.456 e. The van der Waals surface area contributed by atoms with Crippen LogP contribution < -0.4 is 0 Å². The summed E-state index contributed by atoms with van der Waals surface area (Å²) in [5, 5.41) is 2.70. The van der Waals surface area contributed by atoms with Crippen molar-refractivity contribution in [1.29, 1.82) is 0 Å². The van der Waals surface area contributed by atoms with Gasteiger partial charge < -0.3 is 4.74 Å². The summed E-state index contributed by atoms with van der Waals surface area (Å²) in [7, 11) is -0.991. The van der Waals surface area contributed by atoms with Crippen molar-refractivity contribution in [1.82, 2.24) is 9.29 Å². The van der Waals surface area contributed by atoms with Crippen LogP contribution in [0.1, 0.15) is 21.6 Å². The van der Waals surface area contributed by atoms with Crippen LogP contribution in [0.4, 0.5) is 0 Å². The molecule has 0 radical (unpaired) electrons. The SMILES string of the molecule is Cc1ccc(-c2nc(COC(=O)c3ccc(Cl)c(S(=O)(=O)N(C)C)c3)cs2)cc1. The van der Waals surface area contributed by atoms with Crippen molar-refractivity contribution in [3.63, 3.8) is 0 Å². The molecule has 0 aliphatic rings. The first kappa shape index (κ1) is 21.4. The molecule has 1 heterocycles. The second-order valence-electron chi connectivity index (χ2n) is 6.52. The Morgan fingerprint density at radius 1 is 1.17 bits per heavy atom. The number of thiazole rings is 1. The molecule has 1 aromatic heterocycles. The lowest BCUT2D eigenvalue weighted by atomic mass is 10.2. The van der Waals surface area contributed by atoms with Crippen LogP contribution in [0.2, 0.25) is 5.02 Å². The molecule has 0 spiro atoms. The highest BCUT2D eigenvalue weighted by Crippen LogP contribution is 2.26. The number of aryl methyl sites for hydroxylation is 1. The van der Waals surface area contributed by atoms with E-state index in [-0.39, 0.29) is 22.1 Å². The van der Waals surface area contributed by atoms with Crippen molar-refractivity contribution in [2.24, 2.45) is 0 Å². The van der Waals surface area contributed by atoms with Crippen molar-refractivity contribution in [3.05, 3.63) is 69.7 Å². The fourth-order valence-electron chi connectivity index (χ4n) is 2.45. The maximum Gasteiger partial charge on any atom is 0.338 e. The number of hydrogen-bond acceptors (Lipinski definition) is 6. The normalized spacial score (nSPS) is 11.6. The minimum Gasteiger partial charge on any atom is -0.456 e. The van der Waals surface area contributed by atoms with E-state index in [2.05, 4.69) is 4.98 Å². The van der Waals surface area contributed by atoms with Gasteiger partial charge in [0.15, 0.2) is 0 Å². The minimum absolute atomic E-state index is 0.0143. The van der Waals surface area contributed by atoms with E-state index < -0.39 is 16.0 Å². The molecule has 0 bridgehead atoms. The van der Waals surface area contributed by atoms with Gasteiger partial charge in [0.1, 0.15) is 16.5 Å². The first-order chi connectivity index (χ1) is 13.7. The molecule has 0 fully saturated rings. The Bertz CT molecular complexity index is 1140. The molecule has 0 saturated heterocycles. The lowest BCUT2D eigenvalue weighted by Gasteiger charge is -2.13. The van der Waals surface area contributed by atoms with Crippen LogP contribution >= 0.6 is 22.9 Å². The van der Waals surface area contributed by atoms with E-state index in [1.807, 2.05) is 36.6 Å². The molecule has 2 aromatic carbocycles. The summed E-state index contributed by atoms with van der Waals surface area (Å²) in [6.07, 6.45) is 0. The predicted octanol–water partition coefficient (Wildman–Crippen LogP) is 4.38. The Morgan fingerprint density at radius 2 is 1.86 bits per heavy atom. The number of esters is 1. The van der Waals surface area contributed by atoms with Gasteiger partial charge in [0.05, 0.1) is 16.3 Å². The zero-order valence-corrected chi connectivity index (χ0v) is 18.4. The Morgan fingerprint density at radius 3 is 2.52 bits per heavy atom. The summed E-state index contributed by atoms with van der Waals surface area (Å²) in [6.45, 7) is 2.00. The van der Waals surface area contributed by atoms with Gasteiger partial charge in [-0.3, -0.25) is 0 Å². The Hall–Kier alpha value is -2.26. The third-order valence-corrected chi connectivity index (χ3v) is 7.36. The number of carbonyl (C=O) groups is 1. The minimum atomic E-state index is -3.78. The van der Waals surface area contributed by atoms with Gasteiger partial charge in [-0.05, 0) is 25.1 Å². The first-order valence-electron chi connectivity index (χ1n) is 8.59. The lowest BCUT2D eigenvalue weighted by molar-refractivity contribution is 0.0468. The number of benzene rings is 2. The standard InChI is InChI=1S/C20H19ClN2O4S2/c1-13-4-6-14(7-5-13)19-22-16(12-28-19)11-27-20(24)15-8-9-17(21)18(10-15)29(25,26)23(2)3/h4-10,12H,11H2,1-3H3. The zero-order chi connectivity index (χ0) is 21.2. The number of nitrogens with zero attached hydrogens (tertiary/aromatic N) is 2. The Labute approximate surface area is 178 Å². The summed E-state index contributed by atoms with van der Waals surface area (Å²) in [5.41, 5.74) is 2.88. The van der Waals surface area contributed by atoms with E-state index in [0.29, 0.717) is 5.69 Å². The Kier molecular flexibility index (Phi) is 6.38. The van der Waals surface area contributed by atoms with Crippen LogP contribution in [0.15, 0.2) is 52.7 Å². The van der Waals surface area contributed by atoms with Gasteiger partial charge in [-0.2, -0.15) is 0 Å². The average molecular weight is 451 g/mol. The maximum absolute atomic E-state index is 12.4. The molecule has 3 rings (SSSR count). The molecule has 152 valence electrons. The molecule has 0 amide bonds. The summed E-state index contributed by atoms with van der Waals surface area (Å²) in [5.74, 6) is -0.651. The monoisotopic (exact) mass is 450 g/mol. The molecular formula is C20H19ClN2O4S2. The number of sulfonamides is 1. The highest BCUT2D eigenvalue weighted by molar-refractivity contribution is 7.89. The summed E-state index contributed by atoms with van der Waals surface area (Å²) in [6, 6.07) is 12.0. The number of halogens is 1. The van der Waals surface area contributed by atoms with Crippen molar-refractivity contribution in [3.8, 4) is 10.6 Å². The van der Waals surface area contributed by atoms with Crippen LogP contribution in [0.25, 0.3) is 10.6 Å². The predicted molar refractivity (Wildman–Crippen MR) is 114 cm³/mol. The van der Waals surface area contributed by atoms with Crippen molar-refractivity contribution >= 4 is 38.9 Å². The van der Waals surface area contributed by atoms with Crippen LogP contribution in [-0.2, 0) is 21.4 Å². The summed E-state index contributed by atoms with van der Waals surface area (Å²) < 4.78 is 31.0. The molecule has 3 aromatic rings. The van der Waals surface area contributed by atoms with E-state index >= 15 is 0 Å². The van der Waals surface area contributed by atoms with E-state index in [4.69, 9.17) is 16.3 Å². The second kappa shape index (κ2) is 8.62. The fraction of sp³-hybridized carbons (Fsp3) is 0.200. The van der Waals surface area contributed by atoms with Crippen LogP contribution in [-0.4, -0.2) is 37.8 Å². The van der Waals surface area contributed by atoms with Crippen molar-refractivity contribution in [2.75, 3.05) is 14.1 Å². The van der Waals surface area contributed by atoms with E-state index in [9.17, 15) is 13.2 Å². The van der Waals surface area contributed by atoms with Gasteiger partial charge >= 0.3 is 5.97 Å². The fourth-order valence-corrected chi connectivity index (χ4v) is 4.65. The number of rotatable bonds is 6. The third kappa shape index (κ3) is 4.84. The molecule has 6 nitrogen and oxygen atoms in total. The zero-order valence-electron chi connectivity index (χ0n) is 16.0. The van der Waals surface area contributed by atoms with E-state index in [1.165, 1.54) is 43.6 Å². The molecule has 0 atom stereocenters. The molecular weight excluding hydrogens is 432 g/mol. The third-order valence-electron chi connectivity index (χ3n) is 4.13. The van der Waals surface area contributed by atoms with Crippen LogP contribution in [0.3, 0.4) is 0 Å². The van der Waals surface area contributed by atoms with Gasteiger partial charge in [-0.15, -0.1) is 11.3 Å². The van der Waals surface area contributed by atoms with Crippen molar-refractivity contribution in [2.45, 2.75) is 18.4 Å². The Balaban J connectivity index is 1.73. The molecule has 0 aliphatic heterocycles. The van der Waals surface area contributed by atoms with Gasteiger partial charge in [0.25, 0.3) is 0 Å². The quantitative estimate of drug-likeness (QED) is 0.521. The molecule has 0 aliphatic carbocycles. The van der Waals surface area contributed by atoms with Gasteiger partial charge in [-0.25, -0.2) is 22.5 Å². The number of carbonyl (C=O) groups excluding carboxylic acids is 1. The first-order valence-corrected chi connectivity index (χ1v) is 11.3. The second-order valence-corrected chi connectivity index (χ2v) is 9.90. The molecule has 0 saturated carbocycles. The van der Waals surface area contributed by atoms with Gasteiger partial charge in [0.2, 0.25) is 10.0 Å². The van der Waals surface area contributed by atoms with Crippen LogP contribution in [0.5, 0.6) is 0 Å². The summed E-state index contributed by atoms with van der Waals surface area (Å²) in [4.78, 5) is 16.7. The molecule has 0 unspecified atom stereocenters. The van der Waals surface area contributed by atoms with Crippen molar-refractivity contribution < 1.29 is 17.9 Å². The number of ether oxygens (including phenoxy) is 1. The smallest absolute Gasteiger partial charge is 0.338 e. The lowest BCUT2D eigenvalue weighted by Crippen LogP contribution is -2.23. The highest BCUT2D eigenvalue weighted by atomic mass is 35.5. The maximum atomic E-state index is 12.4. The molecule has 0 N–H and O–H groups in total. The average Bonchev–Trinajstić information content (AvgIpc) is 3.15. The summed E-state index contributed by atoms with van der Waals surface area (Å²) >= 11 is 7.47. The highest BCUT2D eigenvalue weighted by Gasteiger charge is 2.23. The number of hydrogen-bond donors (Lipinski definition) is 0. The van der Waals surface area contributed by atoms with Gasteiger partial charge in [0, 0.05) is 25.0 Å².